The van der Waals surface area contributed by atoms with Crippen molar-refractivity contribution in [2.75, 3.05) is 19.3 Å². The third kappa shape index (κ3) is 3.42. The Morgan fingerprint density at radius 1 is 1.33 bits per heavy atom. The molecule has 1 fully saturated rings. The summed E-state index contributed by atoms with van der Waals surface area (Å²) in [7, 11) is -3.49. The molecule has 1 amide bonds. The standard InChI is InChI=1S/C10H18N2O5S/c1-7-5-11(8(2)13)6-9(4-10(14)15)12(7)18(3,16)17/h7,9H,4-6H2,1-3H3,(H,14,15)/t7-,9-/m0/s1. The van der Waals surface area contributed by atoms with E-state index in [-0.39, 0.29) is 18.9 Å². The Balaban J connectivity index is 3.01. The van der Waals surface area contributed by atoms with Gasteiger partial charge in [-0.25, -0.2) is 8.42 Å². The first-order valence-electron chi connectivity index (χ1n) is 5.58. The average Bonchev–Trinajstić information content (AvgIpc) is 2.12. The molecule has 104 valence electrons. The number of carboxylic acids is 1. The number of rotatable bonds is 3. The van der Waals surface area contributed by atoms with Gasteiger partial charge >= 0.3 is 5.97 Å². The zero-order valence-corrected chi connectivity index (χ0v) is 11.5. The second-order valence-corrected chi connectivity index (χ2v) is 6.51. The van der Waals surface area contributed by atoms with Crippen molar-refractivity contribution in [3.8, 4) is 0 Å². The Morgan fingerprint density at radius 3 is 2.28 bits per heavy atom. The van der Waals surface area contributed by atoms with Crippen molar-refractivity contribution in [2.45, 2.75) is 32.4 Å². The van der Waals surface area contributed by atoms with E-state index >= 15 is 0 Å². The Kier molecular flexibility index (Phi) is 4.33. The summed E-state index contributed by atoms with van der Waals surface area (Å²) in [5, 5.41) is 8.84. The molecule has 0 unspecified atom stereocenters. The molecule has 1 N–H and O–H groups in total. The van der Waals surface area contributed by atoms with Crippen LogP contribution in [0.25, 0.3) is 0 Å². The Hall–Kier alpha value is -1.15. The zero-order chi connectivity index (χ0) is 14.1. The molecule has 2 atom stereocenters. The molecule has 18 heavy (non-hydrogen) atoms. The van der Waals surface area contributed by atoms with Gasteiger partial charge in [0.2, 0.25) is 15.9 Å². The highest BCUT2D eigenvalue weighted by molar-refractivity contribution is 7.88. The molecule has 0 spiro atoms. The Morgan fingerprint density at radius 2 is 1.89 bits per heavy atom. The number of hydrogen-bond donors (Lipinski definition) is 1. The monoisotopic (exact) mass is 278 g/mol. The van der Waals surface area contributed by atoms with Crippen LogP contribution in [-0.4, -0.2) is 66.0 Å². The van der Waals surface area contributed by atoms with Crippen LogP contribution in [0.5, 0.6) is 0 Å². The van der Waals surface area contributed by atoms with Gasteiger partial charge in [0, 0.05) is 26.1 Å². The third-order valence-corrected chi connectivity index (χ3v) is 4.37. The van der Waals surface area contributed by atoms with Crippen LogP contribution < -0.4 is 0 Å². The molecule has 1 aliphatic rings. The van der Waals surface area contributed by atoms with Gasteiger partial charge in [-0.1, -0.05) is 0 Å². The lowest BCUT2D eigenvalue weighted by Crippen LogP contribution is -2.60. The lowest BCUT2D eigenvalue weighted by atomic mass is 10.1. The lowest BCUT2D eigenvalue weighted by molar-refractivity contribution is -0.140. The largest absolute Gasteiger partial charge is 0.481 e. The number of carbonyl (C=O) groups is 2. The van der Waals surface area contributed by atoms with Gasteiger partial charge < -0.3 is 10.0 Å². The van der Waals surface area contributed by atoms with Gasteiger partial charge in [0.05, 0.1) is 18.7 Å². The molecule has 1 rings (SSSR count). The first-order valence-corrected chi connectivity index (χ1v) is 7.43. The van der Waals surface area contributed by atoms with E-state index in [0.29, 0.717) is 6.54 Å². The fourth-order valence-corrected chi connectivity index (χ4v) is 3.78. The fourth-order valence-electron chi connectivity index (χ4n) is 2.38. The van der Waals surface area contributed by atoms with Gasteiger partial charge in [-0.15, -0.1) is 0 Å². The molecule has 1 aliphatic heterocycles. The third-order valence-electron chi connectivity index (χ3n) is 2.95. The van der Waals surface area contributed by atoms with Crippen LogP contribution in [-0.2, 0) is 19.6 Å². The summed E-state index contributed by atoms with van der Waals surface area (Å²) >= 11 is 0. The fraction of sp³-hybridized carbons (Fsp3) is 0.800. The molecule has 1 heterocycles. The summed E-state index contributed by atoms with van der Waals surface area (Å²) < 4.78 is 24.6. The Labute approximate surface area is 106 Å². The topological polar surface area (TPSA) is 95.0 Å². The van der Waals surface area contributed by atoms with E-state index in [1.165, 1.54) is 16.1 Å². The number of amides is 1. The maximum absolute atomic E-state index is 11.7. The van der Waals surface area contributed by atoms with Gasteiger partial charge in [0.25, 0.3) is 0 Å². The molecular weight excluding hydrogens is 260 g/mol. The highest BCUT2D eigenvalue weighted by Gasteiger charge is 2.39. The van der Waals surface area contributed by atoms with Crippen molar-refractivity contribution in [3.05, 3.63) is 0 Å². The number of sulfonamides is 1. The SMILES string of the molecule is CC(=O)N1C[C@H](CC(=O)O)N(S(C)(=O)=O)[C@@H](C)C1. The van der Waals surface area contributed by atoms with Gasteiger partial charge in [0.1, 0.15) is 0 Å². The highest BCUT2D eigenvalue weighted by atomic mass is 32.2. The molecule has 0 bridgehead atoms. The number of aliphatic carboxylic acids is 1. The van der Waals surface area contributed by atoms with Crippen LogP contribution in [0.3, 0.4) is 0 Å². The summed E-state index contributed by atoms with van der Waals surface area (Å²) in [6, 6.07) is -1.12. The van der Waals surface area contributed by atoms with Crippen molar-refractivity contribution in [2.24, 2.45) is 0 Å². The molecule has 7 nitrogen and oxygen atoms in total. The number of piperazine rings is 1. The van der Waals surface area contributed by atoms with Gasteiger partial charge in [-0.3, -0.25) is 9.59 Å². The molecule has 0 aromatic rings. The van der Waals surface area contributed by atoms with Crippen molar-refractivity contribution >= 4 is 21.9 Å². The summed E-state index contributed by atoms with van der Waals surface area (Å²) in [4.78, 5) is 23.6. The van der Waals surface area contributed by atoms with E-state index in [9.17, 15) is 18.0 Å². The van der Waals surface area contributed by atoms with Crippen LogP contribution in [0.15, 0.2) is 0 Å². The van der Waals surface area contributed by atoms with E-state index in [1.807, 2.05) is 0 Å². The first kappa shape index (κ1) is 14.9. The van der Waals surface area contributed by atoms with Gasteiger partial charge in [0.15, 0.2) is 0 Å². The smallest absolute Gasteiger partial charge is 0.305 e. The summed E-state index contributed by atoms with van der Waals surface area (Å²) in [5.74, 6) is -1.25. The van der Waals surface area contributed by atoms with Crippen LogP contribution in [0.2, 0.25) is 0 Å². The molecule has 0 radical (unpaired) electrons. The van der Waals surface area contributed by atoms with Crippen LogP contribution in [0, 0.1) is 0 Å². The number of carboxylic acid groups (broad SMARTS) is 1. The van der Waals surface area contributed by atoms with E-state index in [2.05, 4.69) is 0 Å². The molecule has 1 saturated heterocycles. The minimum atomic E-state index is -3.49. The predicted octanol–water partition coefficient (Wildman–Crippen LogP) is -0.658. The average molecular weight is 278 g/mol. The number of hydrogen-bond acceptors (Lipinski definition) is 4. The molecule has 0 saturated carbocycles. The zero-order valence-electron chi connectivity index (χ0n) is 10.7. The van der Waals surface area contributed by atoms with Crippen molar-refractivity contribution in [1.82, 2.24) is 9.21 Å². The van der Waals surface area contributed by atoms with Crippen molar-refractivity contribution in [3.63, 3.8) is 0 Å². The first-order chi connectivity index (χ1) is 8.12. The minimum absolute atomic E-state index is 0.124. The van der Waals surface area contributed by atoms with Gasteiger partial charge in [-0.2, -0.15) is 4.31 Å². The maximum Gasteiger partial charge on any atom is 0.305 e. The normalized spacial score (nSPS) is 26.1. The summed E-state index contributed by atoms with van der Waals surface area (Å²) in [6.07, 6.45) is 0.753. The van der Waals surface area contributed by atoms with E-state index in [1.54, 1.807) is 6.92 Å². The van der Waals surface area contributed by atoms with Crippen molar-refractivity contribution in [1.29, 1.82) is 0 Å². The van der Waals surface area contributed by atoms with Gasteiger partial charge in [-0.05, 0) is 6.92 Å². The summed E-state index contributed by atoms with van der Waals surface area (Å²) in [6.45, 7) is 3.48. The minimum Gasteiger partial charge on any atom is -0.481 e. The predicted molar refractivity (Wildman–Crippen MR) is 64.4 cm³/mol. The molecular formula is C10H18N2O5S. The number of carbonyl (C=O) groups excluding carboxylic acids is 1. The molecule has 0 aromatic heterocycles. The Bertz CT molecular complexity index is 447. The van der Waals surface area contributed by atoms with Crippen LogP contribution >= 0.6 is 0 Å². The van der Waals surface area contributed by atoms with E-state index in [4.69, 9.17) is 5.11 Å². The lowest BCUT2D eigenvalue weighted by Gasteiger charge is -2.43. The maximum atomic E-state index is 11.7. The second kappa shape index (κ2) is 5.23. The quantitative estimate of drug-likeness (QED) is 0.739. The van der Waals surface area contributed by atoms with E-state index < -0.39 is 28.1 Å². The van der Waals surface area contributed by atoms with Crippen LogP contribution in [0.1, 0.15) is 20.3 Å². The number of nitrogens with zero attached hydrogens (tertiary/aromatic N) is 2. The summed E-state index contributed by atoms with van der Waals surface area (Å²) in [5.41, 5.74) is 0. The molecule has 0 aliphatic carbocycles. The highest BCUT2D eigenvalue weighted by Crippen LogP contribution is 2.21. The molecule has 0 aromatic carbocycles. The molecule has 8 heteroatoms. The van der Waals surface area contributed by atoms with Crippen molar-refractivity contribution < 1.29 is 23.1 Å². The second-order valence-electron chi connectivity index (χ2n) is 4.62. The van der Waals surface area contributed by atoms with E-state index in [0.717, 1.165) is 6.26 Å². The van der Waals surface area contributed by atoms with Crippen LogP contribution in [0.4, 0.5) is 0 Å².